The Bertz CT molecular complexity index is 563. The van der Waals surface area contributed by atoms with Crippen LogP contribution < -0.4 is 15.5 Å². The summed E-state index contributed by atoms with van der Waals surface area (Å²) in [6, 6.07) is 8.65. The number of hydrogen-bond acceptors (Lipinski definition) is 1. The maximum atomic E-state index is 12.2. The number of quaternary nitrogens is 1. The number of rotatable bonds is 4. The molecule has 2 saturated heterocycles. The summed E-state index contributed by atoms with van der Waals surface area (Å²) >= 11 is 5.95. The smallest absolute Gasteiger partial charge is 0.319 e. The summed E-state index contributed by atoms with van der Waals surface area (Å²) in [6.45, 7) is 4.93. The van der Waals surface area contributed by atoms with Crippen LogP contribution in [-0.4, -0.2) is 30.7 Å². The molecule has 2 aliphatic heterocycles. The molecule has 0 aliphatic carbocycles. The van der Waals surface area contributed by atoms with Gasteiger partial charge in [0.25, 0.3) is 0 Å². The van der Waals surface area contributed by atoms with Gasteiger partial charge in [-0.3, -0.25) is 0 Å². The Kier molecular flexibility index (Phi) is 5.23. The Morgan fingerprint density at radius 1 is 1.35 bits per heavy atom. The zero-order chi connectivity index (χ0) is 16.2. The molecule has 0 aromatic heterocycles. The lowest BCUT2D eigenvalue weighted by atomic mass is 9.82. The van der Waals surface area contributed by atoms with Gasteiger partial charge in [0.05, 0.1) is 18.6 Å². The number of amides is 2. The maximum Gasteiger partial charge on any atom is 0.319 e. The van der Waals surface area contributed by atoms with Gasteiger partial charge in [0, 0.05) is 29.6 Å². The van der Waals surface area contributed by atoms with Gasteiger partial charge >= 0.3 is 6.03 Å². The Hall–Kier alpha value is -1.52. The lowest BCUT2D eigenvalue weighted by molar-refractivity contribution is -0.955. The highest BCUT2D eigenvalue weighted by Gasteiger charge is 2.41. The van der Waals surface area contributed by atoms with Gasteiger partial charge in [-0.15, -0.1) is 0 Å². The topological polar surface area (TPSA) is 45.6 Å². The molecule has 2 unspecified atom stereocenters. The Balaban J connectivity index is 1.56. The van der Waals surface area contributed by atoms with Crippen LogP contribution in [0.3, 0.4) is 0 Å². The molecule has 2 bridgehead atoms. The first-order valence-corrected chi connectivity index (χ1v) is 8.83. The van der Waals surface area contributed by atoms with Crippen molar-refractivity contribution >= 4 is 23.3 Å². The van der Waals surface area contributed by atoms with Crippen molar-refractivity contribution in [2.45, 2.75) is 50.2 Å². The van der Waals surface area contributed by atoms with Gasteiger partial charge in [-0.25, -0.2) is 4.79 Å². The van der Waals surface area contributed by atoms with E-state index in [9.17, 15) is 4.79 Å². The minimum Gasteiger partial charge on any atom is -0.335 e. The van der Waals surface area contributed by atoms with E-state index < -0.39 is 0 Å². The van der Waals surface area contributed by atoms with Crippen LogP contribution >= 0.6 is 11.6 Å². The SMILES string of the molecule is C=CC[NH+]1[C@@H]2CCC[C@H]1CC(NC(=O)Nc1cccc(Cl)c1)C2. The van der Waals surface area contributed by atoms with Gasteiger partial charge in [0.1, 0.15) is 0 Å². The lowest BCUT2D eigenvalue weighted by Gasteiger charge is -2.45. The number of carbonyl (C=O) groups is 1. The van der Waals surface area contributed by atoms with Gasteiger partial charge in [-0.1, -0.05) is 24.2 Å². The molecule has 3 rings (SSSR count). The highest BCUT2D eigenvalue weighted by atomic mass is 35.5. The molecule has 2 heterocycles. The molecule has 124 valence electrons. The summed E-state index contributed by atoms with van der Waals surface area (Å²) < 4.78 is 0. The summed E-state index contributed by atoms with van der Waals surface area (Å²) in [7, 11) is 0. The normalized spacial score (nSPS) is 29.6. The molecule has 2 aliphatic rings. The Morgan fingerprint density at radius 3 is 2.74 bits per heavy atom. The number of nitrogens with one attached hydrogen (secondary N) is 3. The highest BCUT2D eigenvalue weighted by Crippen LogP contribution is 2.22. The molecule has 0 spiro atoms. The summed E-state index contributed by atoms with van der Waals surface area (Å²) in [6.07, 6.45) is 7.98. The third kappa shape index (κ3) is 4.06. The fourth-order valence-corrected chi connectivity index (χ4v) is 4.36. The zero-order valence-corrected chi connectivity index (χ0v) is 14.1. The maximum absolute atomic E-state index is 12.2. The van der Waals surface area contributed by atoms with E-state index in [-0.39, 0.29) is 12.1 Å². The van der Waals surface area contributed by atoms with Crippen LogP contribution in [0.4, 0.5) is 10.5 Å². The van der Waals surface area contributed by atoms with Crippen LogP contribution in [-0.2, 0) is 0 Å². The second-order valence-corrected chi connectivity index (χ2v) is 7.11. The standard InChI is InChI=1S/C18H24ClN3O/c1-2-9-22-16-7-4-8-17(22)12-15(11-16)21-18(23)20-14-6-3-5-13(19)10-14/h2-3,5-6,10,15-17H,1,4,7-9,11-12H2,(H2,20,21,23)/p+1/t15?,16-,17+. The van der Waals surface area contributed by atoms with Crippen molar-refractivity contribution in [3.05, 3.63) is 41.9 Å². The number of benzene rings is 1. The summed E-state index contributed by atoms with van der Waals surface area (Å²) in [5.41, 5.74) is 0.727. The van der Waals surface area contributed by atoms with Crippen molar-refractivity contribution in [3.8, 4) is 0 Å². The number of piperidine rings is 2. The van der Waals surface area contributed by atoms with E-state index in [1.54, 1.807) is 17.0 Å². The molecule has 23 heavy (non-hydrogen) atoms. The number of anilines is 1. The minimum absolute atomic E-state index is 0.137. The van der Waals surface area contributed by atoms with Crippen LogP contribution in [0.5, 0.6) is 0 Å². The number of halogens is 1. The quantitative estimate of drug-likeness (QED) is 0.728. The molecule has 5 heteroatoms. The fourth-order valence-electron chi connectivity index (χ4n) is 4.17. The highest BCUT2D eigenvalue weighted by molar-refractivity contribution is 6.30. The molecule has 3 N–H and O–H groups in total. The van der Waals surface area contributed by atoms with Gasteiger partial charge in [-0.05, 0) is 43.5 Å². The third-order valence-corrected chi connectivity index (χ3v) is 5.32. The van der Waals surface area contributed by atoms with Crippen LogP contribution in [0.2, 0.25) is 5.02 Å². The van der Waals surface area contributed by atoms with E-state index in [1.165, 1.54) is 19.3 Å². The van der Waals surface area contributed by atoms with Gasteiger partial charge in [0.15, 0.2) is 0 Å². The Morgan fingerprint density at radius 2 is 2.09 bits per heavy atom. The molecule has 2 amide bonds. The van der Waals surface area contributed by atoms with Crippen molar-refractivity contribution in [1.29, 1.82) is 0 Å². The first-order valence-electron chi connectivity index (χ1n) is 8.45. The molecular weight excluding hydrogens is 310 g/mol. The van der Waals surface area contributed by atoms with Crippen molar-refractivity contribution < 1.29 is 9.69 Å². The van der Waals surface area contributed by atoms with E-state index in [4.69, 9.17) is 11.6 Å². The van der Waals surface area contributed by atoms with Crippen molar-refractivity contribution in [2.24, 2.45) is 0 Å². The lowest BCUT2D eigenvalue weighted by Crippen LogP contribution is -3.21. The molecule has 1 aromatic rings. The number of carbonyl (C=O) groups excluding carboxylic acids is 1. The second kappa shape index (κ2) is 7.37. The average Bonchev–Trinajstić information content (AvgIpc) is 2.48. The van der Waals surface area contributed by atoms with Gasteiger partial charge in [-0.2, -0.15) is 0 Å². The number of fused-ring (bicyclic) bond motifs is 2. The zero-order valence-electron chi connectivity index (χ0n) is 13.4. The van der Waals surface area contributed by atoms with E-state index in [1.807, 2.05) is 18.2 Å². The summed E-state index contributed by atoms with van der Waals surface area (Å²) in [4.78, 5) is 13.9. The van der Waals surface area contributed by atoms with E-state index in [0.29, 0.717) is 17.1 Å². The minimum atomic E-state index is -0.137. The number of hydrogen-bond donors (Lipinski definition) is 3. The third-order valence-electron chi connectivity index (χ3n) is 5.09. The second-order valence-electron chi connectivity index (χ2n) is 6.67. The number of urea groups is 1. The largest absolute Gasteiger partial charge is 0.335 e. The van der Waals surface area contributed by atoms with Crippen molar-refractivity contribution in [2.75, 3.05) is 11.9 Å². The predicted molar refractivity (Wildman–Crippen MR) is 94.1 cm³/mol. The van der Waals surface area contributed by atoms with Gasteiger partial charge in [0.2, 0.25) is 0 Å². The van der Waals surface area contributed by atoms with Crippen LogP contribution in [0.1, 0.15) is 32.1 Å². The van der Waals surface area contributed by atoms with Crippen LogP contribution in [0, 0.1) is 0 Å². The molecule has 4 atom stereocenters. The molecule has 2 fully saturated rings. The Labute approximate surface area is 142 Å². The predicted octanol–water partition coefficient (Wildman–Crippen LogP) is 2.62. The van der Waals surface area contributed by atoms with Gasteiger partial charge < -0.3 is 15.5 Å². The first-order chi connectivity index (χ1) is 11.2. The first kappa shape index (κ1) is 16.3. The molecule has 1 aromatic carbocycles. The summed E-state index contributed by atoms with van der Waals surface area (Å²) in [5, 5.41) is 6.64. The summed E-state index contributed by atoms with van der Waals surface area (Å²) in [5.74, 6) is 0. The van der Waals surface area contributed by atoms with E-state index in [0.717, 1.165) is 25.1 Å². The molecular formula is C18H25ClN3O+. The van der Waals surface area contributed by atoms with Crippen molar-refractivity contribution in [1.82, 2.24) is 5.32 Å². The molecule has 4 nitrogen and oxygen atoms in total. The van der Waals surface area contributed by atoms with Crippen LogP contribution in [0.15, 0.2) is 36.9 Å². The molecule has 0 radical (unpaired) electrons. The molecule has 0 saturated carbocycles. The fraction of sp³-hybridized carbons (Fsp3) is 0.500. The average molecular weight is 335 g/mol. The van der Waals surface area contributed by atoms with Crippen molar-refractivity contribution in [3.63, 3.8) is 0 Å². The van der Waals surface area contributed by atoms with Crippen LogP contribution in [0.25, 0.3) is 0 Å². The monoisotopic (exact) mass is 334 g/mol. The van der Waals surface area contributed by atoms with E-state index in [2.05, 4.69) is 17.2 Å². The van der Waals surface area contributed by atoms with E-state index >= 15 is 0 Å².